The van der Waals surface area contributed by atoms with Crippen molar-refractivity contribution in [2.24, 2.45) is 0 Å². The Hall–Kier alpha value is -2.04. The molecule has 0 unspecified atom stereocenters. The average molecular weight is 392 g/mol. The van der Waals surface area contributed by atoms with E-state index in [1.165, 1.54) is 0 Å². The van der Waals surface area contributed by atoms with Crippen molar-refractivity contribution in [1.29, 1.82) is 0 Å². The summed E-state index contributed by atoms with van der Waals surface area (Å²) in [6.07, 6.45) is 0.511. The predicted molar refractivity (Wildman–Crippen MR) is 91.2 cm³/mol. The van der Waals surface area contributed by atoms with Crippen LogP contribution in [0.5, 0.6) is 0 Å². The molecule has 0 saturated carbocycles. The minimum Gasteiger partial charge on any atom is -0.476 e. The van der Waals surface area contributed by atoms with Gasteiger partial charge in [0.15, 0.2) is 0 Å². The van der Waals surface area contributed by atoms with Gasteiger partial charge in [-0.25, -0.2) is 4.79 Å². The average Bonchev–Trinajstić information content (AvgIpc) is 2.63. The molecule has 27 heavy (non-hydrogen) atoms. The highest BCUT2D eigenvalue weighted by Gasteiger charge is 2.14. The molecule has 0 aromatic heterocycles. The zero-order valence-electron chi connectivity index (χ0n) is 15.6. The Morgan fingerprint density at radius 3 is 1.44 bits per heavy atom. The Morgan fingerprint density at radius 2 is 1.04 bits per heavy atom. The number of carbonyl (C=O) groups excluding carboxylic acids is 3. The number of aliphatic carboxylic acids is 1. The molecule has 0 aliphatic heterocycles. The van der Waals surface area contributed by atoms with Crippen LogP contribution < -0.4 is 0 Å². The summed E-state index contributed by atoms with van der Waals surface area (Å²) in [7, 11) is 0. The molecule has 0 saturated heterocycles. The molecule has 0 aliphatic carbocycles. The summed E-state index contributed by atoms with van der Waals surface area (Å²) in [5.74, 6) is -3.47. The first kappa shape index (κ1) is 25.0. The van der Waals surface area contributed by atoms with E-state index in [1.807, 2.05) is 6.92 Å². The molecule has 0 spiro atoms. The highest BCUT2D eigenvalue weighted by molar-refractivity contribution is 6.32. The van der Waals surface area contributed by atoms with Crippen LogP contribution in [-0.2, 0) is 42.9 Å². The van der Waals surface area contributed by atoms with Crippen LogP contribution in [0.4, 0.5) is 0 Å². The van der Waals surface area contributed by atoms with E-state index >= 15 is 0 Å². The molecule has 0 heterocycles. The van der Waals surface area contributed by atoms with Crippen LogP contribution in [0.3, 0.4) is 0 Å². The lowest BCUT2D eigenvalue weighted by Gasteiger charge is -2.08. The van der Waals surface area contributed by atoms with E-state index in [4.69, 9.17) is 28.8 Å². The van der Waals surface area contributed by atoms with E-state index in [2.05, 4.69) is 0 Å². The van der Waals surface area contributed by atoms with Gasteiger partial charge in [0.25, 0.3) is 0 Å². The van der Waals surface area contributed by atoms with Gasteiger partial charge in [0, 0.05) is 12.8 Å². The Morgan fingerprint density at radius 1 is 0.630 bits per heavy atom. The normalized spacial score (nSPS) is 10.4. The van der Waals surface area contributed by atoms with Crippen LogP contribution in [0.15, 0.2) is 0 Å². The molecule has 0 aliphatic rings. The number of ether oxygens (including phenoxy) is 5. The van der Waals surface area contributed by atoms with Crippen molar-refractivity contribution in [3.8, 4) is 0 Å². The van der Waals surface area contributed by atoms with E-state index in [1.54, 1.807) is 0 Å². The summed E-state index contributed by atoms with van der Waals surface area (Å²) < 4.78 is 25.4. The molecule has 0 atom stereocenters. The van der Waals surface area contributed by atoms with Gasteiger partial charge in [-0.2, -0.15) is 0 Å². The van der Waals surface area contributed by atoms with Gasteiger partial charge in [-0.05, 0) is 6.42 Å². The fourth-order valence-electron chi connectivity index (χ4n) is 1.64. The van der Waals surface area contributed by atoms with E-state index in [-0.39, 0.29) is 38.6 Å². The monoisotopic (exact) mass is 392 g/mol. The summed E-state index contributed by atoms with van der Waals surface area (Å²) in [6, 6.07) is 0. The van der Waals surface area contributed by atoms with Gasteiger partial charge in [0.1, 0.15) is 13.2 Å². The third kappa shape index (κ3) is 17.1. The molecule has 0 radical (unpaired) electrons. The second kappa shape index (κ2) is 17.4. The van der Waals surface area contributed by atoms with Crippen LogP contribution in [-0.4, -0.2) is 81.7 Å². The van der Waals surface area contributed by atoms with Crippen molar-refractivity contribution in [3.05, 3.63) is 0 Å². The Balaban J connectivity index is 3.27. The third-order valence-electron chi connectivity index (χ3n) is 2.97. The summed E-state index contributed by atoms with van der Waals surface area (Å²) in [5, 5.41) is 8.36. The Bertz CT molecular complexity index is 449. The number of ketones is 1. The van der Waals surface area contributed by atoms with Crippen molar-refractivity contribution < 1.29 is 48.0 Å². The molecule has 0 aromatic carbocycles. The fourth-order valence-corrected chi connectivity index (χ4v) is 1.64. The number of rotatable bonds is 18. The molecule has 10 heteroatoms. The maximum atomic E-state index is 11.2. The molecule has 1 N–H and O–H groups in total. The van der Waals surface area contributed by atoms with Crippen molar-refractivity contribution in [3.63, 3.8) is 0 Å². The zero-order valence-corrected chi connectivity index (χ0v) is 15.6. The van der Waals surface area contributed by atoms with Crippen LogP contribution in [0.25, 0.3) is 0 Å². The van der Waals surface area contributed by atoms with Gasteiger partial charge in [0.2, 0.25) is 5.78 Å². The highest BCUT2D eigenvalue weighted by atomic mass is 16.6. The molecule has 0 fully saturated rings. The van der Waals surface area contributed by atoms with E-state index in [9.17, 15) is 19.2 Å². The molecule has 0 amide bonds. The van der Waals surface area contributed by atoms with E-state index in [0.29, 0.717) is 39.5 Å². The molecule has 0 rings (SSSR count). The predicted octanol–water partition coefficient (Wildman–Crippen LogP) is 0.357. The smallest absolute Gasteiger partial charge is 0.372 e. The Labute approximate surface area is 158 Å². The van der Waals surface area contributed by atoms with Crippen LogP contribution in [0, 0.1) is 0 Å². The number of hydrogen-bond acceptors (Lipinski definition) is 9. The second-order valence-corrected chi connectivity index (χ2v) is 5.26. The van der Waals surface area contributed by atoms with Gasteiger partial charge in [-0.1, -0.05) is 6.92 Å². The largest absolute Gasteiger partial charge is 0.476 e. The van der Waals surface area contributed by atoms with E-state index in [0.717, 1.165) is 6.42 Å². The summed E-state index contributed by atoms with van der Waals surface area (Å²) in [5.41, 5.74) is 0. The summed E-state index contributed by atoms with van der Waals surface area (Å²) >= 11 is 0. The molecule has 0 aromatic rings. The van der Waals surface area contributed by atoms with Gasteiger partial charge in [-0.3, -0.25) is 14.4 Å². The maximum Gasteiger partial charge on any atom is 0.372 e. The minimum atomic E-state index is -1.56. The number of carboxylic acids is 1. The molecular weight excluding hydrogens is 364 g/mol. The molecule has 0 bridgehead atoms. The molecular formula is C17H28O10. The van der Waals surface area contributed by atoms with Crippen molar-refractivity contribution in [2.75, 3.05) is 52.9 Å². The third-order valence-corrected chi connectivity index (χ3v) is 2.97. The van der Waals surface area contributed by atoms with E-state index < -0.39 is 17.7 Å². The lowest BCUT2D eigenvalue weighted by Crippen LogP contribution is -2.17. The van der Waals surface area contributed by atoms with Crippen molar-refractivity contribution in [1.82, 2.24) is 0 Å². The number of Topliss-reactive ketones (excluding diaryl/α,β-unsaturated/α-hetero) is 1. The number of esters is 2. The minimum absolute atomic E-state index is 0.0138. The van der Waals surface area contributed by atoms with Crippen molar-refractivity contribution >= 4 is 23.7 Å². The second-order valence-electron chi connectivity index (χ2n) is 5.26. The van der Waals surface area contributed by atoms with Crippen molar-refractivity contribution in [2.45, 2.75) is 32.6 Å². The van der Waals surface area contributed by atoms with Crippen LogP contribution in [0.2, 0.25) is 0 Å². The van der Waals surface area contributed by atoms with Crippen LogP contribution >= 0.6 is 0 Å². The SMILES string of the molecule is CCCC(=O)OCCOCCOCCOCCOC(=O)CCC(=O)C(=O)O. The standard InChI is InChI=1S/C17H28O10/c1-2-3-15(19)26-12-10-24-8-6-23-7-9-25-11-13-27-16(20)5-4-14(18)17(21)22/h2-13H2,1H3,(H,21,22). The van der Waals surface area contributed by atoms with Gasteiger partial charge in [0.05, 0.1) is 46.1 Å². The number of hydrogen-bond donors (Lipinski definition) is 1. The zero-order chi connectivity index (χ0) is 20.3. The quantitative estimate of drug-likeness (QED) is 0.198. The first-order valence-corrected chi connectivity index (χ1v) is 8.78. The van der Waals surface area contributed by atoms with Crippen LogP contribution in [0.1, 0.15) is 32.6 Å². The molecule has 10 nitrogen and oxygen atoms in total. The summed E-state index contributed by atoms with van der Waals surface area (Å²) in [6.45, 7) is 4.03. The lowest BCUT2D eigenvalue weighted by molar-refractivity contribution is -0.151. The lowest BCUT2D eigenvalue weighted by atomic mass is 10.2. The summed E-state index contributed by atoms with van der Waals surface area (Å²) in [4.78, 5) is 43.4. The fraction of sp³-hybridized carbons (Fsp3) is 0.765. The number of carbonyl (C=O) groups is 4. The highest BCUT2D eigenvalue weighted by Crippen LogP contribution is 1.95. The number of carboxylic acid groups (broad SMARTS) is 1. The first-order chi connectivity index (χ1) is 13.0. The Kier molecular flexibility index (Phi) is 16.1. The van der Waals surface area contributed by atoms with Gasteiger partial charge in [-0.15, -0.1) is 0 Å². The topological polar surface area (TPSA) is 135 Å². The van der Waals surface area contributed by atoms with Gasteiger partial charge < -0.3 is 28.8 Å². The molecule has 156 valence electrons. The first-order valence-electron chi connectivity index (χ1n) is 8.78. The van der Waals surface area contributed by atoms with Gasteiger partial charge >= 0.3 is 17.9 Å². The maximum absolute atomic E-state index is 11.2.